The number of thioether (sulfide) groups is 1. The fourth-order valence-electron chi connectivity index (χ4n) is 1.53. The molecule has 0 amide bonds. The molecule has 0 spiro atoms. The number of carbonyl (C=O) groups is 1. The van der Waals surface area contributed by atoms with Gasteiger partial charge in [-0.25, -0.2) is 14.2 Å². The first kappa shape index (κ1) is 13.8. The van der Waals surface area contributed by atoms with E-state index < -0.39 is 11.8 Å². The van der Waals surface area contributed by atoms with Crippen molar-refractivity contribution in [2.24, 2.45) is 0 Å². The Bertz CT molecular complexity index is 652. The maximum absolute atomic E-state index is 14.1. The molecule has 1 aromatic heterocycles. The monoisotopic (exact) mass is 298 g/mol. The number of benzene rings is 1. The summed E-state index contributed by atoms with van der Waals surface area (Å²) < 4.78 is 14.1. The Balaban J connectivity index is 2.67. The van der Waals surface area contributed by atoms with Gasteiger partial charge in [0.05, 0.1) is 28.7 Å². The van der Waals surface area contributed by atoms with Crippen LogP contribution in [0.15, 0.2) is 29.4 Å². The van der Waals surface area contributed by atoms with Crippen LogP contribution in [0.5, 0.6) is 0 Å². The zero-order valence-corrected chi connectivity index (χ0v) is 11.3. The van der Waals surface area contributed by atoms with E-state index in [9.17, 15) is 9.18 Å². The fraction of sp³-hybridized carbons (Fsp3) is 0.0833. The van der Waals surface area contributed by atoms with E-state index in [1.807, 2.05) is 0 Å². The smallest absolute Gasteiger partial charge is 0.356 e. The molecule has 0 fully saturated rings. The van der Waals surface area contributed by atoms with Gasteiger partial charge in [-0.3, -0.25) is 4.98 Å². The SMILES string of the molecule is CSc1ccc(Cl)c(F)c1-c1cncc(C(=O)O)n1. The van der Waals surface area contributed by atoms with Crippen molar-refractivity contribution >= 4 is 29.3 Å². The summed E-state index contributed by atoms with van der Waals surface area (Å²) in [5.41, 5.74) is 0.0591. The van der Waals surface area contributed by atoms with Crippen LogP contribution < -0.4 is 0 Å². The van der Waals surface area contributed by atoms with Crippen molar-refractivity contribution < 1.29 is 14.3 Å². The van der Waals surface area contributed by atoms with Crippen molar-refractivity contribution in [3.8, 4) is 11.3 Å². The third-order valence-corrected chi connectivity index (χ3v) is 3.46. The lowest BCUT2D eigenvalue weighted by molar-refractivity contribution is 0.0690. The number of halogens is 2. The van der Waals surface area contributed by atoms with Gasteiger partial charge in [-0.1, -0.05) is 11.6 Å². The maximum Gasteiger partial charge on any atom is 0.356 e. The lowest BCUT2D eigenvalue weighted by Gasteiger charge is -2.09. The Hall–Kier alpha value is -1.66. The predicted molar refractivity (Wildman–Crippen MR) is 71.2 cm³/mol. The molecule has 0 atom stereocenters. The molecule has 0 bridgehead atoms. The minimum Gasteiger partial charge on any atom is -0.476 e. The first-order valence-electron chi connectivity index (χ1n) is 5.12. The number of carboxylic acids is 1. The highest BCUT2D eigenvalue weighted by atomic mass is 35.5. The molecular weight excluding hydrogens is 291 g/mol. The molecule has 2 aromatic rings. The number of carboxylic acid groups (broad SMARTS) is 1. The highest BCUT2D eigenvalue weighted by Gasteiger charge is 2.17. The average Bonchev–Trinajstić information content (AvgIpc) is 2.41. The van der Waals surface area contributed by atoms with E-state index in [0.29, 0.717) is 4.90 Å². The van der Waals surface area contributed by atoms with E-state index in [4.69, 9.17) is 16.7 Å². The summed E-state index contributed by atoms with van der Waals surface area (Å²) in [6.07, 6.45) is 4.19. The minimum atomic E-state index is -1.22. The standard InChI is InChI=1S/C12H8ClFN2O2S/c1-19-9-3-2-6(13)11(14)10(9)7-4-15-5-8(16-7)12(17)18/h2-5H,1H3,(H,17,18). The van der Waals surface area contributed by atoms with Crippen LogP contribution in [0.4, 0.5) is 4.39 Å². The van der Waals surface area contributed by atoms with Gasteiger partial charge in [0.25, 0.3) is 0 Å². The summed E-state index contributed by atoms with van der Waals surface area (Å²) in [4.78, 5) is 19.1. The number of hydrogen-bond acceptors (Lipinski definition) is 4. The highest BCUT2D eigenvalue weighted by Crippen LogP contribution is 2.34. The Kier molecular flexibility index (Phi) is 4.01. The van der Waals surface area contributed by atoms with Gasteiger partial charge in [0.1, 0.15) is 0 Å². The summed E-state index contributed by atoms with van der Waals surface area (Å²) in [7, 11) is 0. The molecule has 19 heavy (non-hydrogen) atoms. The Morgan fingerprint density at radius 1 is 1.42 bits per heavy atom. The van der Waals surface area contributed by atoms with Gasteiger partial charge in [0, 0.05) is 4.90 Å². The predicted octanol–water partition coefficient (Wildman–Crippen LogP) is 3.36. The zero-order valence-electron chi connectivity index (χ0n) is 9.72. The molecule has 1 aromatic carbocycles. The molecule has 0 aliphatic heterocycles. The largest absolute Gasteiger partial charge is 0.476 e. The lowest BCUT2D eigenvalue weighted by atomic mass is 10.1. The molecule has 7 heteroatoms. The van der Waals surface area contributed by atoms with E-state index in [-0.39, 0.29) is 22.0 Å². The number of nitrogens with zero attached hydrogens (tertiary/aromatic N) is 2. The van der Waals surface area contributed by atoms with Crippen molar-refractivity contribution in [2.75, 3.05) is 6.26 Å². The van der Waals surface area contributed by atoms with Crippen LogP contribution in [0.3, 0.4) is 0 Å². The molecule has 0 aliphatic rings. The number of rotatable bonds is 3. The highest BCUT2D eigenvalue weighted by molar-refractivity contribution is 7.98. The van der Waals surface area contributed by atoms with Crippen LogP contribution in [0.2, 0.25) is 5.02 Å². The van der Waals surface area contributed by atoms with Gasteiger partial charge < -0.3 is 5.11 Å². The molecule has 0 radical (unpaired) electrons. The van der Waals surface area contributed by atoms with Crippen LogP contribution in [-0.2, 0) is 0 Å². The van der Waals surface area contributed by atoms with Crippen LogP contribution >= 0.6 is 23.4 Å². The second kappa shape index (κ2) is 5.54. The first-order chi connectivity index (χ1) is 9.04. The molecule has 1 heterocycles. The summed E-state index contributed by atoms with van der Waals surface area (Å²) >= 11 is 7.06. The molecule has 2 rings (SSSR count). The lowest BCUT2D eigenvalue weighted by Crippen LogP contribution is -2.03. The molecule has 0 saturated heterocycles. The van der Waals surface area contributed by atoms with Gasteiger partial charge in [0.15, 0.2) is 11.5 Å². The third kappa shape index (κ3) is 2.69. The van der Waals surface area contributed by atoms with Gasteiger partial charge in [0.2, 0.25) is 0 Å². The van der Waals surface area contributed by atoms with Crippen LogP contribution in [0.1, 0.15) is 10.5 Å². The van der Waals surface area contributed by atoms with Gasteiger partial charge in [-0.15, -0.1) is 11.8 Å². The molecule has 0 aliphatic carbocycles. The van der Waals surface area contributed by atoms with E-state index in [1.165, 1.54) is 24.0 Å². The van der Waals surface area contributed by atoms with E-state index in [2.05, 4.69) is 9.97 Å². The molecule has 0 unspecified atom stereocenters. The molecular formula is C12H8ClFN2O2S. The number of aromatic nitrogens is 2. The Morgan fingerprint density at radius 2 is 2.16 bits per heavy atom. The van der Waals surface area contributed by atoms with Crippen molar-refractivity contribution in [3.05, 3.63) is 41.1 Å². The molecule has 4 nitrogen and oxygen atoms in total. The Labute approximate surface area is 117 Å². The molecule has 1 N–H and O–H groups in total. The van der Waals surface area contributed by atoms with Crippen molar-refractivity contribution in [3.63, 3.8) is 0 Å². The van der Waals surface area contributed by atoms with Crippen molar-refractivity contribution in [1.29, 1.82) is 0 Å². The normalized spacial score (nSPS) is 10.5. The number of hydrogen-bond donors (Lipinski definition) is 1. The Morgan fingerprint density at radius 3 is 2.79 bits per heavy atom. The fourth-order valence-corrected chi connectivity index (χ4v) is 2.29. The van der Waals surface area contributed by atoms with Crippen LogP contribution in [-0.4, -0.2) is 27.3 Å². The van der Waals surface area contributed by atoms with E-state index >= 15 is 0 Å². The third-order valence-electron chi connectivity index (χ3n) is 2.39. The van der Waals surface area contributed by atoms with Crippen molar-refractivity contribution in [2.45, 2.75) is 4.90 Å². The summed E-state index contributed by atoms with van der Waals surface area (Å²) in [5, 5.41) is 8.83. The summed E-state index contributed by atoms with van der Waals surface area (Å²) in [5.74, 6) is -1.85. The number of aromatic carboxylic acids is 1. The summed E-state index contributed by atoms with van der Waals surface area (Å²) in [6, 6.07) is 3.10. The van der Waals surface area contributed by atoms with Crippen LogP contribution in [0, 0.1) is 5.82 Å². The zero-order chi connectivity index (χ0) is 14.0. The summed E-state index contributed by atoms with van der Waals surface area (Å²) in [6.45, 7) is 0. The van der Waals surface area contributed by atoms with Gasteiger partial charge in [-0.2, -0.15) is 0 Å². The van der Waals surface area contributed by atoms with E-state index in [1.54, 1.807) is 12.3 Å². The quantitative estimate of drug-likeness (QED) is 0.880. The molecule has 98 valence electrons. The van der Waals surface area contributed by atoms with Gasteiger partial charge >= 0.3 is 5.97 Å². The van der Waals surface area contributed by atoms with Crippen LogP contribution in [0.25, 0.3) is 11.3 Å². The first-order valence-corrected chi connectivity index (χ1v) is 6.72. The maximum atomic E-state index is 14.1. The van der Waals surface area contributed by atoms with Gasteiger partial charge in [-0.05, 0) is 18.4 Å². The van der Waals surface area contributed by atoms with E-state index in [0.717, 1.165) is 6.20 Å². The second-order valence-corrected chi connectivity index (χ2v) is 4.79. The minimum absolute atomic E-state index is 0.0460. The second-order valence-electron chi connectivity index (χ2n) is 3.53. The average molecular weight is 299 g/mol. The molecule has 0 saturated carbocycles. The topological polar surface area (TPSA) is 63.1 Å². The van der Waals surface area contributed by atoms with Crippen molar-refractivity contribution in [1.82, 2.24) is 9.97 Å².